The van der Waals surface area contributed by atoms with Gasteiger partial charge >= 0.3 is 11.9 Å². The van der Waals surface area contributed by atoms with Crippen molar-refractivity contribution in [1.82, 2.24) is 0 Å². The molecule has 2 aromatic carbocycles. The van der Waals surface area contributed by atoms with Crippen molar-refractivity contribution < 1.29 is 28.7 Å². The molecule has 0 saturated carbocycles. The number of carbonyl (C=O) groups is 4. The molecule has 0 radical (unpaired) electrons. The topological polar surface area (TPSA) is 86.7 Å². The molecule has 6 nitrogen and oxygen atoms in total. The average molecular weight is 428 g/mol. The smallest absolute Gasteiger partial charge is 0.327 e. The van der Waals surface area contributed by atoms with E-state index in [1.54, 1.807) is 38.1 Å². The van der Waals surface area contributed by atoms with E-state index in [2.05, 4.69) is 0 Å². The van der Waals surface area contributed by atoms with Gasteiger partial charge in [0.15, 0.2) is 17.0 Å². The number of esters is 2. The van der Waals surface area contributed by atoms with Gasteiger partial charge in [-0.25, -0.2) is 0 Å². The molecule has 1 fully saturated rings. The SMILES string of the molecule is CC1(C)OC(=O)C2(Cc3cc4c(cc3C2)CC2=C(C4)C(=O)c3ccccc3C2=O)C(=O)O1. The van der Waals surface area contributed by atoms with Crippen LogP contribution in [0.5, 0.6) is 0 Å². The van der Waals surface area contributed by atoms with Gasteiger partial charge in [0.2, 0.25) is 0 Å². The van der Waals surface area contributed by atoms with Gasteiger partial charge in [-0.3, -0.25) is 19.2 Å². The van der Waals surface area contributed by atoms with Crippen LogP contribution in [-0.2, 0) is 44.7 Å². The number of hydrogen-bond acceptors (Lipinski definition) is 6. The van der Waals surface area contributed by atoms with E-state index in [0.717, 1.165) is 22.3 Å². The fourth-order valence-electron chi connectivity index (χ4n) is 5.43. The molecule has 1 aliphatic heterocycles. The summed E-state index contributed by atoms with van der Waals surface area (Å²) in [5.41, 5.74) is 4.32. The summed E-state index contributed by atoms with van der Waals surface area (Å²) in [5, 5.41) is 0. The van der Waals surface area contributed by atoms with E-state index in [1.165, 1.54) is 0 Å². The second-order valence-electron chi connectivity index (χ2n) is 9.52. The molecular formula is C26H20O6. The first kappa shape index (κ1) is 19.2. The van der Waals surface area contributed by atoms with Gasteiger partial charge in [0.1, 0.15) is 0 Å². The largest absolute Gasteiger partial charge is 0.422 e. The van der Waals surface area contributed by atoms with Crippen LogP contribution in [0.4, 0.5) is 0 Å². The highest BCUT2D eigenvalue weighted by Crippen LogP contribution is 2.46. The van der Waals surface area contributed by atoms with Gasteiger partial charge in [-0.15, -0.1) is 0 Å². The van der Waals surface area contributed by atoms with Crippen molar-refractivity contribution >= 4 is 23.5 Å². The summed E-state index contributed by atoms with van der Waals surface area (Å²) in [6.45, 7) is 3.08. The van der Waals surface area contributed by atoms with Crippen LogP contribution in [-0.4, -0.2) is 29.3 Å². The highest BCUT2D eigenvalue weighted by Gasteiger charge is 2.59. The molecule has 0 aromatic heterocycles. The lowest BCUT2D eigenvalue weighted by Crippen LogP contribution is -2.54. The molecule has 160 valence electrons. The third-order valence-corrected chi connectivity index (χ3v) is 7.03. The number of hydrogen-bond donors (Lipinski definition) is 0. The van der Waals surface area contributed by atoms with Crippen molar-refractivity contribution in [2.24, 2.45) is 5.41 Å². The van der Waals surface area contributed by atoms with Crippen LogP contribution in [0.25, 0.3) is 0 Å². The van der Waals surface area contributed by atoms with Crippen LogP contribution in [0.3, 0.4) is 0 Å². The van der Waals surface area contributed by atoms with Crippen LogP contribution >= 0.6 is 0 Å². The fraction of sp³-hybridized carbons (Fsp3) is 0.308. The summed E-state index contributed by atoms with van der Waals surface area (Å²) in [6, 6.07) is 10.9. The Labute approximate surface area is 184 Å². The number of allylic oxidation sites excluding steroid dienone is 2. The summed E-state index contributed by atoms with van der Waals surface area (Å²) in [5.74, 6) is -2.59. The third-order valence-electron chi connectivity index (χ3n) is 7.03. The average Bonchev–Trinajstić information content (AvgIpc) is 3.13. The van der Waals surface area contributed by atoms with Gasteiger partial charge in [-0.1, -0.05) is 36.4 Å². The molecule has 1 spiro atoms. The molecule has 0 N–H and O–H groups in total. The Bertz CT molecular complexity index is 1230. The third kappa shape index (κ3) is 2.46. The highest BCUT2D eigenvalue weighted by atomic mass is 16.7. The maximum atomic E-state index is 13.1. The number of fused-ring (bicyclic) bond motifs is 3. The maximum absolute atomic E-state index is 13.1. The van der Waals surface area contributed by atoms with Gasteiger partial charge in [0.05, 0.1) is 0 Å². The van der Waals surface area contributed by atoms with E-state index in [4.69, 9.17) is 9.47 Å². The highest BCUT2D eigenvalue weighted by molar-refractivity contribution is 6.27. The number of cyclic esters (lactones) is 2. The van der Waals surface area contributed by atoms with Crippen molar-refractivity contribution in [2.75, 3.05) is 0 Å². The number of benzene rings is 2. The normalized spacial score (nSPS) is 22.1. The molecule has 6 rings (SSSR count). The Morgan fingerprint density at radius 1 is 0.688 bits per heavy atom. The minimum Gasteiger partial charge on any atom is -0.422 e. The number of rotatable bonds is 0. The van der Waals surface area contributed by atoms with Gasteiger partial charge in [-0.2, -0.15) is 0 Å². The lowest BCUT2D eigenvalue weighted by molar-refractivity contribution is -0.250. The lowest BCUT2D eigenvalue weighted by Gasteiger charge is -2.38. The summed E-state index contributed by atoms with van der Waals surface area (Å²) < 4.78 is 10.8. The van der Waals surface area contributed by atoms with Crippen LogP contribution in [0, 0.1) is 5.41 Å². The van der Waals surface area contributed by atoms with E-state index in [-0.39, 0.29) is 24.4 Å². The number of ketones is 2. The first-order valence-electron chi connectivity index (χ1n) is 10.7. The predicted octanol–water partition coefficient (Wildman–Crippen LogP) is 3.08. The minimum absolute atomic E-state index is 0.0977. The lowest BCUT2D eigenvalue weighted by atomic mass is 9.75. The van der Waals surface area contributed by atoms with Crippen LogP contribution < -0.4 is 0 Å². The quantitative estimate of drug-likeness (QED) is 0.474. The fourth-order valence-corrected chi connectivity index (χ4v) is 5.43. The van der Waals surface area contributed by atoms with E-state index in [1.807, 2.05) is 12.1 Å². The molecule has 4 aliphatic rings. The van der Waals surface area contributed by atoms with Crippen molar-refractivity contribution in [3.05, 3.63) is 80.9 Å². The molecule has 0 amide bonds. The second kappa shape index (κ2) is 6.03. The van der Waals surface area contributed by atoms with E-state index in [9.17, 15) is 19.2 Å². The molecular weight excluding hydrogens is 408 g/mol. The van der Waals surface area contributed by atoms with E-state index < -0.39 is 23.1 Å². The number of Topliss-reactive ketones (excluding diaryl/α,β-unsaturated/α-hetero) is 2. The predicted molar refractivity (Wildman–Crippen MR) is 112 cm³/mol. The summed E-state index contributed by atoms with van der Waals surface area (Å²) in [4.78, 5) is 51.9. The molecule has 32 heavy (non-hydrogen) atoms. The monoisotopic (exact) mass is 428 g/mol. The first-order valence-corrected chi connectivity index (χ1v) is 10.7. The molecule has 1 saturated heterocycles. The van der Waals surface area contributed by atoms with Crippen molar-refractivity contribution in [3.8, 4) is 0 Å². The summed E-state index contributed by atoms with van der Waals surface area (Å²) in [7, 11) is 0. The Morgan fingerprint density at radius 3 is 1.56 bits per heavy atom. The van der Waals surface area contributed by atoms with Crippen molar-refractivity contribution in [2.45, 2.75) is 45.3 Å². The molecule has 1 heterocycles. The molecule has 0 bridgehead atoms. The number of carbonyl (C=O) groups excluding carboxylic acids is 4. The zero-order valence-corrected chi connectivity index (χ0v) is 17.7. The molecule has 3 aliphatic carbocycles. The van der Waals surface area contributed by atoms with Gasteiger partial charge < -0.3 is 9.47 Å². The van der Waals surface area contributed by atoms with Crippen molar-refractivity contribution in [1.29, 1.82) is 0 Å². The zero-order chi connectivity index (χ0) is 22.4. The van der Waals surface area contributed by atoms with Crippen molar-refractivity contribution in [3.63, 3.8) is 0 Å². The zero-order valence-electron chi connectivity index (χ0n) is 17.7. The van der Waals surface area contributed by atoms with E-state index in [0.29, 0.717) is 35.1 Å². The minimum atomic E-state index is -1.36. The second-order valence-corrected chi connectivity index (χ2v) is 9.52. The molecule has 0 unspecified atom stereocenters. The van der Waals surface area contributed by atoms with Crippen LogP contribution in [0.2, 0.25) is 0 Å². The van der Waals surface area contributed by atoms with E-state index >= 15 is 0 Å². The Hall–Kier alpha value is -3.54. The molecule has 6 heteroatoms. The maximum Gasteiger partial charge on any atom is 0.327 e. The van der Waals surface area contributed by atoms with Crippen LogP contribution in [0.15, 0.2) is 47.5 Å². The Balaban J connectivity index is 1.37. The van der Waals surface area contributed by atoms with Crippen LogP contribution in [0.1, 0.15) is 56.8 Å². The Morgan fingerprint density at radius 2 is 1.12 bits per heavy atom. The molecule has 0 atom stereocenters. The van der Waals surface area contributed by atoms with Gasteiger partial charge in [0.25, 0.3) is 5.79 Å². The Kier molecular flexibility index (Phi) is 3.61. The van der Waals surface area contributed by atoms with Gasteiger partial charge in [0, 0.05) is 49.0 Å². The first-order chi connectivity index (χ1) is 15.2. The number of ether oxygens (including phenoxy) is 2. The molecule has 2 aromatic rings. The van der Waals surface area contributed by atoms with Gasteiger partial charge in [-0.05, 0) is 35.1 Å². The summed E-state index contributed by atoms with van der Waals surface area (Å²) in [6.07, 6.45) is 1.16. The standard InChI is InChI=1S/C26H20O6/c1-25(2)31-23(29)26(24(30)32-25)11-15-7-13-9-19-20(10-14(13)8-16(15)12-26)22(28)18-6-4-3-5-17(18)21(19)27/h3-8H,9-12H2,1-2H3. The summed E-state index contributed by atoms with van der Waals surface area (Å²) >= 11 is 0.